The maximum Gasteiger partial charge on any atom is 0.223 e. The fourth-order valence-corrected chi connectivity index (χ4v) is 5.09. The first-order chi connectivity index (χ1) is 16.8. The molecule has 4 heterocycles. The second kappa shape index (κ2) is 8.01. The standard InChI is InChI=1S/C23H26F2N8O2/c1-35-18-7-14(24)6-17-19(18)28-22(26)33-21(17)29-20(30-33)13-5-15(25)10-31(9-13)16-8-27-32(11-16)12-23(34)3-2-4-23/h6-8,11,13,15,34H,2-5,9-10,12H2,1H3,(H2,26,28). The average Bonchev–Trinajstić information content (AvgIpc) is 3.46. The molecule has 6 rings (SSSR count). The number of hydrogen-bond acceptors (Lipinski definition) is 8. The van der Waals surface area contributed by atoms with Crippen molar-refractivity contribution in [2.75, 3.05) is 30.8 Å². The van der Waals surface area contributed by atoms with E-state index < -0.39 is 17.6 Å². The lowest BCUT2D eigenvalue weighted by atomic mass is 9.80. The number of halogens is 2. The van der Waals surface area contributed by atoms with Gasteiger partial charge in [0.25, 0.3) is 0 Å². The van der Waals surface area contributed by atoms with E-state index in [1.807, 2.05) is 11.1 Å². The zero-order valence-corrected chi connectivity index (χ0v) is 19.2. The fourth-order valence-electron chi connectivity index (χ4n) is 5.09. The molecule has 1 saturated heterocycles. The van der Waals surface area contributed by atoms with E-state index in [0.29, 0.717) is 35.5 Å². The Kier molecular flexibility index (Phi) is 5.02. The second-order valence-corrected chi connectivity index (χ2v) is 9.59. The van der Waals surface area contributed by atoms with Crippen molar-refractivity contribution in [3.05, 3.63) is 36.2 Å². The fraction of sp³-hybridized carbons (Fsp3) is 0.478. The van der Waals surface area contributed by atoms with Gasteiger partial charge in [-0.1, -0.05) is 0 Å². The van der Waals surface area contributed by atoms with Gasteiger partial charge in [-0.05, 0) is 31.7 Å². The average molecular weight is 485 g/mol. The topological polar surface area (TPSA) is 120 Å². The Morgan fingerprint density at radius 2 is 2.09 bits per heavy atom. The third-order valence-electron chi connectivity index (χ3n) is 7.06. The molecule has 3 N–H and O–H groups in total. The summed E-state index contributed by atoms with van der Waals surface area (Å²) < 4.78 is 37.4. The van der Waals surface area contributed by atoms with Gasteiger partial charge in [-0.2, -0.15) is 9.61 Å². The molecule has 12 heteroatoms. The molecule has 184 valence electrons. The first kappa shape index (κ1) is 22.0. The predicted molar refractivity (Wildman–Crippen MR) is 125 cm³/mol. The molecule has 2 atom stereocenters. The monoisotopic (exact) mass is 484 g/mol. The highest BCUT2D eigenvalue weighted by Gasteiger charge is 2.36. The molecule has 1 saturated carbocycles. The van der Waals surface area contributed by atoms with Crippen molar-refractivity contribution in [3.8, 4) is 5.75 Å². The quantitative estimate of drug-likeness (QED) is 0.443. The Hall–Kier alpha value is -3.54. The van der Waals surface area contributed by atoms with Crippen LogP contribution in [-0.2, 0) is 6.54 Å². The highest BCUT2D eigenvalue weighted by atomic mass is 19.1. The number of fused-ring (bicyclic) bond motifs is 3. The molecular weight excluding hydrogens is 458 g/mol. The number of benzene rings is 1. The van der Waals surface area contributed by atoms with Gasteiger partial charge in [0.05, 0.1) is 36.5 Å². The second-order valence-electron chi connectivity index (χ2n) is 9.59. The van der Waals surface area contributed by atoms with E-state index in [4.69, 9.17) is 10.5 Å². The minimum atomic E-state index is -1.09. The number of piperidine rings is 1. The van der Waals surface area contributed by atoms with Crippen molar-refractivity contribution < 1.29 is 18.6 Å². The van der Waals surface area contributed by atoms with Crippen molar-refractivity contribution in [2.45, 2.75) is 49.9 Å². The molecule has 0 radical (unpaired) electrons. The Morgan fingerprint density at radius 3 is 2.83 bits per heavy atom. The van der Waals surface area contributed by atoms with E-state index in [0.717, 1.165) is 24.9 Å². The number of nitrogen functional groups attached to an aromatic ring is 1. The zero-order chi connectivity index (χ0) is 24.3. The summed E-state index contributed by atoms with van der Waals surface area (Å²) in [5, 5.41) is 19.7. The minimum Gasteiger partial charge on any atom is -0.494 e. The van der Waals surface area contributed by atoms with Crippen LogP contribution in [0.4, 0.5) is 20.4 Å². The Labute approximate surface area is 199 Å². The number of methoxy groups -OCH3 is 1. The zero-order valence-electron chi connectivity index (χ0n) is 19.2. The molecule has 2 unspecified atom stereocenters. The number of aromatic nitrogens is 6. The number of anilines is 2. The third kappa shape index (κ3) is 3.81. The molecule has 0 amide bonds. The molecule has 2 aliphatic rings. The van der Waals surface area contributed by atoms with E-state index in [9.17, 15) is 13.9 Å². The normalized spacial score (nSPS) is 22.0. The third-order valence-corrected chi connectivity index (χ3v) is 7.06. The molecule has 10 nitrogen and oxygen atoms in total. The molecule has 3 aromatic heterocycles. The highest BCUT2D eigenvalue weighted by Crippen LogP contribution is 2.35. The van der Waals surface area contributed by atoms with E-state index in [1.165, 1.54) is 23.8 Å². The van der Waals surface area contributed by atoms with Gasteiger partial charge in [-0.25, -0.2) is 18.7 Å². The lowest BCUT2D eigenvalue weighted by Crippen LogP contribution is -2.41. The molecule has 1 aromatic carbocycles. The van der Waals surface area contributed by atoms with Crippen LogP contribution in [0, 0.1) is 5.82 Å². The summed E-state index contributed by atoms with van der Waals surface area (Å²) in [7, 11) is 1.43. The predicted octanol–water partition coefficient (Wildman–Crippen LogP) is 2.45. The lowest BCUT2D eigenvalue weighted by molar-refractivity contribution is -0.0498. The molecule has 2 fully saturated rings. The number of nitrogens with two attached hydrogens (primary N) is 1. The maximum atomic E-state index is 14.9. The minimum absolute atomic E-state index is 0.0795. The summed E-state index contributed by atoms with van der Waals surface area (Å²) in [4.78, 5) is 10.9. The number of aliphatic hydroxyl groups is 1. The van der Waals surface area contributed by atoms with Crippen LogP contribution in [0.3, 0.4) is 0 Å². The SMILES string of the molecule is COc1cc(F)cc2c1nc(N)n1nc(C3CC(F)CN(c4cnn(CC5(O)CCC5)c4)C3)nc21. The van der Waals surface area contributed by atoms with Crippen LogP contribution in [-0.4, -0.2) is 66.4 Å². The summed E-state index contributed by atoms with van der Waals surface area (Å²) in [6, 6.07) is 2.55. The van der Waals surface area contributed by atoms with Crippen molar-refractivity contribution in [3.63, 3.8) is 0 Å². The lowest BCUT2D eigenvalue weighted by Gasteiger charge is -2.36. The van der Waals surface area contributed by atoms with Crippen LogP contribution in [0.2, 0.25) is 0 Å². The molecular formula is C23H26F2N8O2. The molecule has 0 bridgehead atoms. The highest BCUT2D eigenvalue weighted by molar-refractivity contribution is 5.95. The summed E-state index contributed by atoms with van der Waals surface area (Å²) >= 11 is 0. The van der Waals surface area contributed by atoms with Crippen molar-refractivity contribution in [2.24, 2.45) is 0 Å². The first-order valence-electron chi connectivity index (χ1n) is 11.7. The molecule has 1 aliphatic heterocycles. The van der Waals surface area contributed by atoms with E-state index >= 15 is 0 Å². The maximum absolute atomic E-state index is 14.9. The molecule has 0 spiro atoms. The number of nitrogens with zero attached hydrogens (tertiary/aromatic N) is 7. The summed E-state index contributed by atoms with van der Waals surface area (Å²) in [5.41, 5.74) is 6.93. The van der Waals surface area contributed by atoms with Crippen LogP contribution < -0.4 is 15.4 Å². The summed E-state index contributed by atoms with van der Waals surface area (Å²) in [5.74, 6) is -0.0742. The largest absolute Gasteiger partial charge is 0.494 e. The Balaban J connectivity index is 1.32. The molecule has 4 aromatic rings. The summed E-state index contributed by atoms with van der Waals surface area (Å²) in [6.45, 7) is 1.14. The summed E-state index contributed by atoms with van der Waals surface area (Å²) in [6.07, 6.45) is 5.24. The van der Waals surface area contributed by atoms with Crippen LogP contribution in [0.5, 0.6) is 5.75 Å². The number of alkyl halides is 1. The van der Waals surface area contributed by atoms with Gasteiger partial charge in [0.1, 0.15) is 23.3 Å². The smallest absolute Gasteiger partial charge is 0.223 e. The van der Waals surface area contributed by atoms with Gasteiger partial charge < -0.3 is 20.5 Å². The Bertz CT molecular complexity index is 1420. The van der Waals surface area contributed by atoms with Gasteiger partial charge in [0.2, 0.25) is 5.95 Å². The molecule has 35 heavy (non-hydrogen) atoms. The van der Waals surface area contributed by atoms with Crippen molar-refractivity contribution >= 4 is 28.2 Å². The van der Waals surface area contributed by atoms with Gasteiger partial charge >= 0.3 is 0 Å². The van der Waals surface area contributed by atoms with Crippen molar-refractivity contribution in [1.29, 1.82) is 0 Å². The van der Waals surface area contributed by atoms with Crippen LogP contribution >= 0.6 is 0 Å². The Morgan fingerprint density at radius 1 is 1.26 bits per heavy atom. The number of ether oxygens (including phenoxy) is 1. The number of rotatable bonds is 5. The van der Waals surface area contributed by atoms with E-state index in [-0.39, 0.29) is 30.6 Å². The van der Waals surface area contributed by atoms with Gasteiger partial charge in [-0.15, -0.1) is 5.10 Å². The van der Waals surface area contributed by atoms with E-state index in [1.54, 1.807) is 10.9 Å². The van der Waals surface area contributed by atoms with E-state index in [2.05, 4.69) is 20.2 Å². The van der Waals surface area contributed by atoms with Crippen LogP contribution in [0.25, 0.3) is 16.6 Å². The van der Waals surface area contributed by atoms with Gasteiger partial charge in [-0.3, -0.25) is 4.68 Å². The van der Waals surface area contributed by atoms with Crippen molar-refractivity contribution in [1.82, 2.24) is 29.4 Å². The number of hydrogen-bond donors (Lipinski definition) is 2. The van der Waals surface area contributed by atoms with Crippen LogP contribution in [0.1, 0.15) is 37.4 Å². The van der Waals surface area contributed by atoms with Gasteiger partial charge in [0.15, 0.2) is 11.5 Å². The van der Waals surface area contributed by atoms with Gasteiger partial charge in [0, 0.05) is 31.3 Å². The first-order valence-corrected chi connectivity index (χ1v) is 11.7. The molecule has 1 aliphatic carbocycles. The van der Waals surface area contributed by atoms with Crippen LogP contribution in [0.15, 0.2) is 24.5 Å².